The number of pyridine rings is 1. The molecule has 0 radical (unpaired) electrons. The lowest BCUT2D eigenvalue weighted by molar-refractivity contribution is -0.276. The van der Waals surface area contributed by atoms with Crippen LogP contribution in [0.2, 0.25) is 5.02 Å². The maximum absolute atomic E-state index is 11.7. The van der Waals surface area contributed by atoms with Crippen molar-refractivity contribution in [2.45, 2.75) is 6.36 Å². The van der Waals surface area contributed by atoms with Gasteiger partial charge in [-0.2, -0.15) is 0 Å². The van der Waals surface area contributed by atoms with Crippen LogP contribution in [-0.2, 0) is 0 Å². The van der Waals surface area contributed by atoms with Gasteiger partial charge in [-0.15, -0.1) is 13.2 Å². The Balaban J connectivity index is 3.03. The zero-order chi connectivity index (χ0) is 11.6. The van der Waals surface area contributed by atoms with Gasteiger partial charge in [-0.05, 0) is 0 Å². The maximum Gasteiger partial charge on any atom is 0.574 e. The van der Waals surface area contributed by atoms with Crippen LogP contribution in [0.15, 0.2) is 12.3 Å². The largest absolute Gasteiger partial charge is 0.574 e. The minimum atomic E-state index is -4.92. The highest BCUT2D eigenvalue weighted by molar-refractivity contribution is 6.33. The van der Waals surface area contributed by atoms with Crippen molar-refractivity contribution in [3.05, 3.63) is 22.8 Å². The van der Waals surface area contributed by atoms with E-state index in [4.69, 9.17) is 16.7 Å². The van der Waals surface area contributed by atoms with Gasteiger partial charge in [0.2, 0.25) is 5.88 Å². The summed E-state index contributed by atoms with van der Waals surface area (Å²) in [4.78, 5) is 13.7. The second kappa shape index (κ2) is 3.93. The standard InChI is InChI=1S/C7H3ClF3NO3/c8-4-2-12-5(15-7(9,10)11)1-3(4)6(13)14/h1-2H,(H,13,14). The zero-order valence-corrected chi connectivity index (χ0v) is 7.63. The number of halogens is 4. The van der Waals surface area contributed by atoms with Gasteiger partial charge in [-0.25, -0.2) is 9.78 Å². The number of ether oxygens (including phenoxy) is 1. The average molecular weight is 242 g/mol. The van der Waals surface area contributed by atoms with Crippen LogP contribution in [0, 0.1) is 0 Å². The molecule has 0 unspecified atom stereocenters. The molecule has 1 aromatic heterocycles. The molecule has 0 aliphatic heterocycles. The normalized spacial score (nSPS) is 11.2. The molecule has 1 aromatic rings. The van der Waals surface area contributed by atoms with Gasteiger partial charge >= 0.3 is 12.3 Å². The summed E-state index contributed by atoms with van der Waals surface area (Å²) in [5.74, 6) is -2.33. The molecule has 0 fully saturated rings. The highest BCUT2D eigenvalue weighted by Gasteiger charge is 2.32. The van der Waals surface area contributed by atoms with Crippen molar-refractivity contribution in [2.75, 3.05) is 0 Å². The summed E-state index contributed by atoms with van der Waals surface area (Å²) in [5.41, 5.74) is -0.508. The van der Waals surface area contributed by atoms with Gasteiger partial charge in [-0.3, -0.25) is 0 Å². The van der Waals surface area contributed by atoms with E-state index in [1.165, 1.54) is 0 Å². The smallest absolute Gasteiger partial charge is 0.478 e. The van der Waals surface area contributed by atoms with Gasteiger partial charge in [0.15, 0.2) is 0 Å². The molecule has 0 spiro atoms. The second-order valence-electron chi connectivity index (χ2n) is 2.36. The molecular weight excluding hydrogens is 239 g/mol. The molecule has 0 amide bonds. The Morgan fingerprint density at radius 2 is 2.13 bits per heavy atom. The molecule has 0 aromatic carbocycles. The van der Waals surface area contributed by atoms with Crippen molar-refractivity contribution in [3.63, 3.8) is 0 Å². The summed E-state index contributed by atoms with van der Waals surface area (Å²) >= 11 is 5.38. The van der Waals surface area contributed by atoms with Crippen LogP contribution in [0.1, 0.15) is 10.4 Å². The number of rotatable bonds is 2. The highest BCUT2D eigenvalue weighted by atomic mass is 35.5. The third-order valence-electron chi connectivity index (χ3n) is 1.28. The van der Waals surface area contributed by atoms with E-state index in [1.54, 1.807) is 0 Å². The van der Waals surface area contributed by atoms with Gasteiger partial charge < -0.3 is 9.84 Å². The van der Waals surface area contributed by atoms with Crippen molar-refractivity contribution >= 4 is 17.6 Å². The number of hydrogen-bond acceptors (Lipinski definition) is 3. The van der Waals surface area contributed by atoms with E-state index in [0.29, 0.717) is 6.07 Å². The quantitative estimate of drug-likeness (QED) is 0.863. The van der Waals surface area contributed by atoms with Crippen LogP contribution in [0.5, 0.6) is 5.88 Å². The Morgan fingerprint density at radius 1 is 1.53 bits per heavy atom. The summed E-state index contributed by atoms with van der Waals surface area (Å²) in [6, 6.07) is 0.595. The number of nitrogens with zero attached hydrogens (tertiary/aromatic N) is 1. The first-order chi connectivity index (χ1) is 6.79. The zero-order valence-electron chi connectivity index (χ0n) is 6.88. The molecule has 0 atom stereocenters. The molecule has 0 aliphatic rings. The molecule has 82 valence electrons. The summed E-state index contributed by atoms with van der Waals surface area (Å²) < 4.78 is 38.6. The molecule has 1 N–H and O–H groups in total. The SMILES string of the molecule is O=C(O)c1cc(OC(F)(F)F)ncc1Cl. The number of hydrogen-bond donors (Lipinski definition) is 1. The van der Waals surface area contributed by atoms with Gasteiger partial charge in [0.1, 0.15) is 0 Å². The van der Waals surface area contributed by atoms with Gasteiger partial charge in [-0.1, -0.05) is 11.6 Å². The Hall–Kier alpha value is -1.50. The molecule has 0 saturated carbocycles. The fourth-order valence-corrected chi connectivity index (χ4v) is 0.942. The molecule has 8 heteroatoms. The van der Waals surface area contributed by atoms with Crippen LogP contribution < -0.4 is 4.74 Å². The maximum atomic E-state index is 11.7. The van der Waals surface area contributed by atoms with Crippen LogP contribution in [-0.4, -0.2) is 22.4 Å². The van der Waals surface area contributed by atoms with Crippen LogP contribution in [0.4, 0.5) is 13.2 Å². The van der Waals surface area contributed by atoms with E-state index in [0.717, 1.165) is 6.20 Å². The molecule has 0 bridgehead atoms. The third-order valence-corrected chi connectivity index (χ3v) is 1.58. The number of carbonyl (C=O) groups is 1. The van der Waals surface area contributed by atoms with E-state index in [2.05, 4.69) is 9.72 Å². The molecule has 1 rings (SSSR count). The first-order valence-corrected chi connectivity index (χ1v) is 3.82. The molecule has 0 saturated heterocycles. The Bertz CT molecular complexity index is 394. The van der Waals surface area contributed by atoms with Crippen molar-refractivity contribution in [1.29, 1.82) is 0 Å². The molecule has 15 heavy (non-hydrogen) atoms. The summed E-state index contributed by atoms with van der Waals surface area (Å²) in [5, 5.41) is 8.27. The first kappa shape index (κ1) is 11.6. The predicted octanol–water partition coefficient (Wildman–Crippen LogP) is 2.33. The summed E-state index contributed by atoms with van der Waals surface area (Å²) in [6.45, 7) is 0. The topological polar surface area (TPSA) is 59.4 Å². The van der Waals surface area contributed by atoms with E-state index in [9.17, 15) is 18.0 Å². The van der Waals surface area contributed by atoms with Gasteiger partial charge in [0, 0.05) is 6.07 Å². The predicted molar refractivity (Wildman–Crippen MR) is 42.9 cm³/mol. The van der Waals surface area contributed by atoms with E-state index < -0.39 is 23.8 Å². The van der Waals surface area contributed by atoms with E-state index in [1.807, 2.05) is 0 Å². The van der Waals surface area contributed by atoms with Crippen molar-refractivity contribution in [1.82, 2.24) is 4.98 Å². The number of aromatic carboxylic acids is 1. The van der Waals surface area contributed by atoms with Crippen molar-refractivity contribution < 1.29 is 27.8 Å². The van der Waals surface area contributed by atoms with Crippen LogP contribution in [0.25, 0.3) is 0 Å². The Kier molecular flexibility index (Phi) is 3.04. The lowest BCUT2D eigenvalue weighted by Crippen LogP contribution is -2.18. The minimum Gasteiger partial charge on any atom is -0.478 e. The molecular formula is C7H3ClF3NO3. The number of alkyl halides is 3. The van der Waals surface area contributed by atoms with Crippen molar-refractivity contribution in [3.8, 4) is 5.88 Å². The fraction of sp³-hybridized carbons (Fsp3) is 0.143. The lowest BCUT2D eigenvalue weighted by atomic mass is 10.3. The molecule has 4 nitrogen and oxygen atoms in total. The van der Waals surface area contributed by atoms with Crippen LogP contribution in [0.3, 0.4) is 0 Å². The first-order valence-electron chi connectivity index (χ1n) is 3.44. The van der Waals surface area contributed by atoms with Crippen molar-refractivity contribution in [2.24, 2.45) is 0 Å². The Morgan fingerprint density at radius 3 is 2.60 bits per heavy atom. The number of carboxylic acids is 1. The Labute approximate surface area is 86.3 Å². The van der Waals surface area contributed by atoms with Gasteiger partial charge in [0.25, 0.3) is 0 Å². The second-order valence-corrected chi connectivity index (χ2v) is 2.76. The minimum absolute atomic E-state index is 0.267. The third kappa shape index (κ3) is 3.28. The summed E-state index contributed by atoms with van der Waals surface area (Å²) in [6.07, 6.45) is -4.15. The molecule has 0 aliphatic carbocycles. The van der Waals surface area contributed by atoms with Gasteiger partial charge in [0.05, 0.1) is 16.8 Å². The number of aromatic nitrogens is 1. The summed E-state index contributed by atoms with van der Waals surface area (Å²) in [7, 11) is 0. The van der Waals surface area contributed by atoms with E-state index >= 15 is 0 Å². The number of carboxylic acid groups (broad SMARTS) is 1. The average Bonchev–Trinajstić information content (AvgIpc) is 2.05. The monoisotopic (exact) mass is 241 g/mol. The highest BCUT2D eigenvalue weighted by Crippen LogP contribution is 2.24. The molecule has 1 heterocycles. The fourth-order valence-electron chi connectivity index (χ4n) is 0.758. The van der Waals surface area contributed by atoms with Crippen LogP contribution >= 0.6 is 11.6 Å². The van der Waals surface area contributed by atoms with E-state index in [-0.39, 0.29) is 5.02 Å². The lowest BCUT2D eigenvalue weighted by Gasteiger charge is -2.08.